The molecule has 1 unspecified atom stereocenters. The molecule has 6 heteroatoms. The summed E-state index contributed by atoms with van der Waals surface area (Å²) < 4.78 is 36.0. The van der Waals surface area contributed by atoms with Gasteiger partial charge in [0.15, 0.2) is 0 Å². The highest BCUT2D eigenvalue weighted by Crippen LogP contribution is 2.26. The molecule has 0 aromatic heterocycles. The Morgan fingerprint density at radius 3 is 2.68 bits per heavy atom. The SMILES string of the molecule is CCC(N)Cc1c(F)cccc1SCCS(C)(=O)=O. The van der Waals surface area contributed by atoms with Crippen LogP contribution in [0.25, 0.3) is 0 Å². The maximum Gasteiger partial charge on any atom is 0.148 e. The van der Waals surface area contributed by atoms with Crippen LogP contribution in [0.4, 0.5) is 4.39 Å². The maximum absolute atomic E-state index is 13.8. The Morgan fingerprint density at radius 1 is 1.42 bits per heavy atom. The van der Waals surface area contributed by atoms with Crippen LogP contribution in [0, 0.1) is 5.82 Å². The molecule has 0 bridgehead atoms. The monoisotopic (exact) mass is 305 g/mol. The van der Waals surface area contributed by atoms with Gasteiger partial charge in [0.05, 0.1) is 5.75 Å². The van der Waals surface area contributed by atoms with E-state index in [4.69, 9.17) is 5.73 Å². The molecule has 0 aliphatic heterocycles. The van der Waals surface area contributed by atoms with Gasteiger partial charge in [-0.15, -0.1) is 11.8 Å². The molecule has 0 heterocycles. The smallest absolute Gasteiger partial charge is 0.148 e. The summed E-state index contributed by atoms with van der Waals surface area (Å²) in [4.78, 5) is 0.785. The summed E-state index contributed by atoms with van der Waals surface area (Å²) >= 11 is 1.37. The topological polar surface area (TPSA) is 60.2 Å². The van der Waals surface area contributed by atoms with Gasteiger partial charge in [0, 0.05) is 28.5 Å². The van der Waals surface area contributed by atoms with Crippen LogP contribution >= 0.6 is 11.8 Å². The van der Waals surface area contributed by atoms with Crippen molar-refractivity contribution in [2.24, 2.45) is 5.73 Å². The number of sulfone groups is 1. The molecule has 108 valence electrons. The van der Waals surface area contributed by atoms with E-state index in [-0.39, 0.29) is 17.6 Å². The summed E-state index contributed by atoms with van der Waals surface area (Å²) in [6.07, 6.45) is 2.46. The fourth-order valence-corrected chi connectivity index (χ4v) is 3.88. The van der Waals surface area contributed by atoms with E-state index >= 15 is 0 Å². The number of nitrogens with two attached hydrogens (primary N) is 1. The Hall–Kier alpha value is -0.590. The van der Waals surface area contributed by atoms with Crippen LogP contribution in [0.2, 0.25) is 0 Å². The van der Waals surface area contributed by atoms with Crippen molar-refractivity contribution >= 4 is 21.6 Å². The first-order valence-electron chi connectivity index (χ1n) is 6.17. The molecule has 0 fully saturated rings. The molecule has 1 atom stereocenters. The molecular formula is C13H20FNO2S2. The van der Waals surface area contributed by atoms with Crippen LogP contribution in [0.1, 0.15) is 18.9 Å². The van der Waals surface area contributed by atoms with Crippen molar-refractivity contribution in [1.82, 2.24) is 0 Å². The van der Waals surface area contributed by atoms with Crippen molar-refractivity contribution in [2.75, 3.05) is 17.8 Å². The van der Waals surface area contributed by atoms with Gasteiger partial charge in [-0.1, -0.05) is 13.0 Å². The number of rotatable bonds is 7. The summed E-state index contributed by atoms with van der Waals surface area (Å²) in [6, 6.07) is 4.79. The van der Waals surface area contributed by atoms with Gasteiger partial charge in [-0.25, -0.2) is 12.8 Å². The highest BCUT2D eigenvalue weighted by molar-refractivity contribution is 8.00. The number of hydrogen-bond acceptors (Lipinski definition) is 4. The zero-order valence-corrected chi connectivity index (χ0v) is 12.9. The fraction of sp³-hybridized carbons (Fsp3) is 0.538. The number of halogens is 1. The average molecular weight is 305 g/mol. The molecule has 0 saturated heterocycles. The Balaban J connectivity index is 2.79. The predicted octanol–water partition coefficient (Wildman–Crippen LogP) is 2.24. The van der Waals surface area contributed by atoms with Gasteiger partial charge in [0.25, 0.3) is 0 Å². The Bertz CT molecular complexity index is 517. The molecule has 3 nitrogen and oxygen atoms in total. The van der Waals surface area contributed by atoms with E-state index in [1.807, 2.05) is 13.0 Å². The zero-order valence-electron chi connectivity index (χ0n) is 11.2. The first kappa shape index (κ1) is 16.5. The van der Waals surface area contributed by atoms with E-state index in [2.05, 4.69) is 0 Å². The van der Waals surface area contributed by atoms with E-state index in [1.165, 1.54) is 24.1 Å². The predicted molar refractivity (Wildman–Crippen MR) is 78.8 cm³/mol. The minimum absolute atomic E-state index is 0.0776. The van der Waals surface area contributed by atoms with E-state index in [9.17, 15) is 12.8 Å². The van der Waals surface area contributed by atoms with Crippen LogP contribution in [0.15, 0.2) is 23.1 Å². The Kier molecular flexibility index (Phi) is 6.29. The van der Waals surface area contributed by atoms with Crippen molar-refractivity contribution < 1.29 is 12.8 Å². The summed E-state index contributed by atoms with van der Waals surface area (Å²) in [5.41, 5.74) is 6.46. The molecule has 0 aliphatic rings. The first-order chi connectivity index (χ1) is 8.83. The quantitative estimate of drug-likeness (QED) is 0.785. The third-order valence-corrected chi connectivity index (χ3v) is 5.08. The Labute approximate surface area is 118 Å². The van der Waals surface area contributed by atoms with Gasteiger partial charge >= 0.3 is 0 Å². The maximum atomic E-state index is 13.8. The van der Waals surface area contributed by atoms with E-state index in [1.54, 1.807) is 6.07 Å². The molecule has 1 rings (SSSR count). The van der Waals surface area contributed by atoms with Gasteiger partial charge in [-0.2, -0.15) is 0 Å². The molecule has 0 saturated carbocycles. The molecule has 19 heavy (non-hydrogen) atoms. The summed E-state index contributed by atoms with van der Waals surface area (Å²) in [5.74, 6) is 0.248. The van der Waals surface area contributed by atoms with Crippen molar-refractivity contribution in [3.8, 4) is 0 Å². The van der Waals surface area contributed by atoms with Crippen LogP contribution in [-0.2, 0) is 16.3 Å². The number of benzene rings is 1. The highest BCUT2D eigenvalue weighted by Gasteiger charge is 2.13. The van der Waals surface area contributed by atoms with Crippen molar-refractivity contribution in [3.05, 3.63) is 29.6 Å². The zero-order chi connectivity index (χ0) is 14.5. The normalized spacial score (nSPS) is 13.5. The average Bonchev–Trinajstić information content (AvgIpc) is 2.31. The number of thioether (sulfide) groups is 1. The first-order valence-corrected chi connectivity index (χ1v) is 9.21. The summed E-state index contributed by atoms with van der Waals surface area (Å²) in [6.45, 7) is 1.96. The van der Waals surface area contributed by atoms with Gasteiger partial charge in [0.2, 0.25) is 0 Å². The second-order valence-corrected chi connectivity index (χ2v) is 7.96. The molecule has 1 aromatic rings. The third kappa shape index (κ3) is 5.93. The van der Waals surface area contributed by atoms with Crippen LogP contribution < -0.4 is 5.73 Å². The van der Waals surface area contributed by atoms with E-state index in [0.29, 0.717) is 17.7 Å². The lowest BCUT2D eigenvalue weighted by Crippen LogP contribution is -2.22. The van der Waals surface area contributed by atoms with Gasteiger partial charge < -0.3 is 5.73 Å². The van der Waals surface area contributed by atoms with Crippen LogP contribution in [0.5, 0.6) is 0 Å². The standard InChI is InChI=1S/C13H20FNO2S2/c1-3-10(15)9-11-12(14)5-4-6-13(11)18-7-8-19(2,16)17/h4-6,10H,3,7-9,15H2,1-2H3. The van der Waals surface area contributed by atoms with Crippen molar-refractivity contribution in [3.63, 3.8) is 0 Å². The minimum Gasteiger partial charge on any atom is -0.327 e. The summed E-state index contributed by atoms with van der Waals surface area (Å²) in [5, 5.41) is 0. The largest absolute Gasteiger partial charge is 0.327 e. The lowest BCUT2D eigenvalue weighted by Gasteiger charge is -2.13. The molecular weight excluding hydrogens is 285 g/mol. The van der Waals surface area contributed by atoms with Crippen molar-refractivity contribution in [2.45, 2.75) is 30.7 Å². The van der Waals surface area contributed by atoms with Gasteiger partial charge in [0.1, 0.15) is 15.7 Å². The van der Waals surface area contributed by atoms with Crippen LogP contribution in [-0.4, -0.2) is 32.2 Å². The molecule has 2 N–H and O–H groups in total. The lowest BCUT2D eigenvalue weighted by molar-refractivity contribution is 0.571. The second kappa shape index (κ2) is 7.26. The number of hydrogen-bond donors (Lipinski definition) is 1. The van der Waals surface area contributed by atoms with Gasteiger partial charge in [-0.05, 0) is 25.0 Å². The van der Waals surface area contributed by atoms with E-state index < -0.39 is 9.84 Å². The Morgan fingerprint density at radius 2 is 2.11 bits per heavy atom. The molecule has 0 amide bonds. The molecule has 0 radical (unpaired) electrons. The highest BCUT2D eigenvalue weighted by atomic mass is 32.2. The van der Waals surface area contributed by atoms with Gasteiger partial charge in [-0.3, -0.25) is 0 Å². The third-order valence-electron chi connectivity index (χ3n) is 2.78. The van der Waals surface area contributed by atoms with E-state index in [0.717, 1.165) is 11.3 Å². The van der Waals surface area contributed by atoms with Crippen LogP contribution in [0.3, 0.4) is 0 Å². The van der Waals surface area contributed by atoms with Crippen molar-refractivity contribution in [1.29, 1.82) is 0 Å². The summed E-state index contributed by atoms with van der Waals surface area (Å²) in [7, 11) is -2.98. The second-order valence-electron chi connectivity index (χ2n) is 4.57. The molecule has 0 spiro atoms. The fourth-order valence-electron chi connectivity index (χ4n) is 1.58. The minimum atomic E-state index is -2.98. The molecule has 0 aliphatic carbocycles. The lowest BCUT2D eigenvalue weighted by atomic mass is 10.0. The molecule has 1 aromatic carbocycles.